The van der Waals surface area contributed by atoms with Crippen LogP contribution in [0, 0.1) is 11.8 Å². The number of thiazole rings is 1. The molecule has 0 bridgehead atoms. The molecule has 0 radical (unpaired) electrons. The second-order valence-electron chi connectivity index (χ2n) is 5.55. The Labute approximate surface area is 149 Å². The number of carbonyl (C=O) groups is 3. The van der Waals surface area contributed by atoms with E-state index in [2.05, 4.69) is 4.98 Å². The van der Waals surface area contributed by atoms with Crippen LogP contribution in [0.4, 0.5) is 0 Å². The fourth-order valence-electron chi connectivity index (χ4n) is 2.89. The molecule has 0 N–H and O–H groups in total. The van der Waals surface area contributed by atoms with E-state index in [0.29, 0.717) is 12.3 Å². The van der Waals surface area contributed by atoms with Crippen LogP contribution in [0.15, 0.2) is 9.72 Å². The molecule has 0 amide bonds. The lowest BCUT2D eigenvalue weighted by molar-refractivity contribution is -0.148. The van der Waals surface area contributed by atoms with Crippen LogP contribution in [0.2, 0.25) is 0 Å². The SMILES string of the molecule is CCOC(=O)c1csc(SCC[C@@H]2C(C=O)CCC2OC(C)=O)n1. The molecule has 0 saturated heterocycles. The number of aromatic nitrogens is 1. The van der Waals surface area contributed by atoms with Gasteiger partial charge in [0.15, 0.2) is 10.0 Å². The first-order chi connectivity index (χ1) is 11.5. The van der Waals surface area contributed by atoms with E-state index in [1.807, 2.05) is 0 Å². The van der Waals surface area contributed by atoms with Gasteiger partial charge in [0.2, 0.25) is 0 Å². The molecule has 132 valence electrons. The summed E-state index contributed by atoms with van der Waals surface area (Å²) in [6.45, 7) is 3.47. The first kappa shape index (κ1) is 18.9. The highest BCUT2D eigenvalue weighted by Crippen LogP contribution is 2.37. The van der Waals surface area contributed by atoms with E-state index in [0.717, 1.165) is 35.6 Å². The maximum Gasteiger partial charge on any atom is 0.357 e. The van der Waals surface area contributed by atoms with E-state index in [1.54, 1.807) is 24.1 Å². The topological polar surface area (TPSA) is 82.6 Å². The number of hydrogen-bond donors (Lipinski definition) is 0. The molecule has 1 fully saturated rings. The number of rotatable bonds is 8. The Balaban J connectivity index is 1.86. The van der Waals surface area contributed by atoms with Crippen molar-refractivity contribution in [2.75, 3.05) is 12.4 Å². The van der Waals surface area contributed by atoms with Crippen molar-refractivity contribution in [3.63, 3.8) is 0 Å². The molecule has 6 nitrogen and oxygen atoms in total. The Morgan fingerprint density at radius 3 is 2.92 bits per heavy atom. The third kappa shape index (κ3) is 5.04. The van der Waals surface area contributed by atoms with Crippen molar-refractivity contribution in [3.8, 4) is 0 Å². The molecule has 0 spiro atoms. The maximum atomic E-state index is 11.6. The molecule has 2 unspecified atom stereocenters. The van der Waals surface area contributed by atoms with Crippen molar-refractivity contribution in [2.45, 2.75) is 43.6 Å². The van der Waals surface area contributed by atoms with Crippen LogP contribution in [-0.4, -0.2) is 41.7 Å². The van der Waals surface area contributed by atoms with E-state index in [4.69, 9.17) is 9.47 Å². The minimum absolute atomic E-state index is 0.0543. The second-order valence-corrected chi connectivity index (χ2v) is 7.75. The van der Waals surface area contributed by atoms with E-state index < -0.39 is 5.97 Å². The lowest BCUT2D eigenvalue weighted by Crippen LogP contribution is -2.25. The van der Waals surface area contributed by atoms with Gasteiger partial charge in [-0.1, -0.05) is 11.8 Å². The molecule has 3 atom stereocenters. The smallest absolute Gasteiger partial charge is 0.357 e. The Bertz CT molecular complexity index is 589. The molecule has 0 aromatic carbocycles. The standard InChI is InChI=1S/C16H21NO5S2/c1-3-21-15(20)13-9-24-16(17-13)23-7-6-12-11(8-18)4-5-14(12)22-10(2)19/h8-9,11-12,14H,3-7H2,1-2H3/t11?,12-,14?/m1/s1. The summed E-state index contributed by atoms with van der Waals surface area (Å²) in [5.74, 6) is 0.0444. The zero-order chi connectivity index (χ0) is 17.5. The van der Waals surface area contributed by atoms with Gasteiger partial charge < -0.3 is 14.3 Å². The van der Waals surface area contributed by atoms with Crippen molar-refractivity contribution in [3.05, 3.63) is 11.1 Å². The monoisotopic (exact) mass is 371 g/mol. The van der Waals surface area contributed by atoms with E-state index >= 15 is 0 Å². The van der Waals surface area contributed by atoms with Crippen LogP contribution in [0.5, 0.6) is 0 Å². The number of aldehydes is 1. The highest BCUT2D eigenvalue weighted by molar-refractivity contribution is 8.01. The summed E-state index contributed by atoms with van der Waals surface area (Å²) < 4.78 is 11.0. The summed E-state index contributed by atoms with van der Waals surface area (Å²) in [6.07, 6.45) is 3.06. The molecular formula is C16H21NO5S2. The van der Waals surface area contributed by atoms with Crippen LogP contribution in [0.25, 0.3) is 0 Å². The summed E-state index contributed by atoms with van der Waals surface area (Å²) in [7, 11) is 0. The molecule has 1 saturated carbocycles. The van der Waals surface area contributed by atoms with Gasteiger partial charge in [-0.25, -0.2) is 9.78 Å². The van der Waals surface area contributed by atoms with Crippen LogP contribution < -0.4 is 0 Å². The van der Waals surface area contributed by atoms with E-state index in [9.17, 15) is 14.4 Å². The number of esters is 2. The summed E-state index contributed by atoms with van der Waals surface area (Å²) in [5, 5.41) is 1.69. The highest BCUT2D eigenvalue weighted by atomic mass is 32.2. The van der Waals surface area contributed by atoms with Crippen LogP contribution >= 0.6 is 23.1 Å². The molecule has 2 rings (SSSR count). The number of thioether (sulfide) groups is 1. The average Bonchev–Trinajstić information content (AvgIpc) is 3.15. The predicted octanol–water partition coefficient (Wildman–Crippen LogP) is 2.96. The van der Waals surface area contributed by atoms with Gasteiger partial charge in [-0.15, -0.1) is 11.3 Å². The molecule has 1 heterocycles. The number of hydrogen-bond acceptors (Lipinski definition) is 8. The number of ether oxygens (including phenoxy) is 2. The van der Waals surface area contributed by atoms with Crippen molar-refractivity contribution < 1.29 is 23.9 Å². The molecule has 24 heavy (non-hydrogen) atoms. The summed E-state index contributed by atoms with van der Waals surface area (Å²) in [5.41, 5.74) is 0.328. The third-order valence-corrected chi connectivity index (χ3v) is 6.00. The zero-order valence-corrected chi connectivity index (χ0v) is 15.4. The molecule has 8 heteroatoms. The fraction of sp³-hybridized carbons (Fsp3) is 0.625. The van der Waals surface area contributed by atoms with Gasteiger partial charge in [0.05, 0.1) is 6.61 Å². The minimum atomic E-state index is -0.410. The normalized spacial score (nSPS) is 23.0. The van der Waals surface area contributed by atoms with Gasteiger partial charge in [-0.05, 0) is 26.2 Å². The van der Waals surface area contributed by atoms with Gasteiger partial charge in [-0.3, -0.25) is 4.79 Å². The Hall–Kier alpha value is -1.41. The largest absolute Gasteiger partial charge is 0.462 e. The maximum absolute atomic E-state index is 11.6. The minimum Gasteiger partial charge on any atom is -0.462 e. The van der Waals surface area contributed by atoms with Crippen LogP contribution in [-0.2, 0) is 19.1 Å². The molecule has 1 aromatic rings. The van der Waals surface area contributed by atoms with Crippen LogP contribution in [0.1, 0.15) is 43.6 Å². The van der Waals surface area contributed by atoms with Crippen LogP contribution in [0.3, 0.4) is 0 Å². The van der Waals surface area contributed by atoms with Crippen molar-refractivity contribution in [2.24, 2.45) is 11.8 Å². The zero-order valence-electron chi connectivity index (χ0n) is 13.7. The highest BCUT2D eigenvalue weighted by Gasteiger charge is 2.37. The van der Waals surface area contributed by atoms with Crippen molar-refractivity contribution >= 4 is 41.3 Å². The lowest BCUT2D eigenvalue weighted by Gasteiger charge is -2.21. The quantitative estimate of drug-likeness (QED) is 0.395. The van der Waals surface area contributed by atoms with E-state index in [-0.39, 0.29) is 23.9 Å². The lowest BCUT2D eigenvalue weighted by atomic mass is 9.93. The summed E-state index contributed by atoms with van der Waals surface area (Å²) in [6, 6.07) is 0. The molecule has 0 aliphatic heterocycles. The Morgan fingerprint density at radius 1 is 1.46 bits per heavy atom. The van der Waals surface area contributed by atoms with Gasteiger partial charge in [-0.2, -0.15) is 0 Å². The van der Waals surface area contributed by atoms with Crippen molar-refractivity contribution in [1.82, 2.24) is 4.98 Å². The molecule has 1 aliphatic rings. The number of carbonyl (C=O) groups excluding carboxylic acids is 3. The van der Waals surface area contributed by atoms with Gasteiger partial charge in [0.25, 0.3) is 0 Å². The summed E-state index contributed by atoms with van der Waals surface area (Å²) >= 11 is 2.94. The first-order valence-electron chi connectivity index (χ1n) is 7.93. The second kappa shape index (κ2) is 9.17. The predicted molar refractivity (Wildman–Crippen MR) is 91.2 cm³/mol. The summed E-state index contributed by atoms with van der Waals surface area (Å²) in [4.78, 5) is 38.2. The first-order valence-corrected chi connectivity index (χ1v) is 9.79. The number of nitrogens with zero attached hydrogens (tertiary/aromatic N) is 1. The Morgan fingerprint density at radius 2 is 2.25 bits per heavy atom. The molecular weight excluding hydrogens is 350 g/mol. The van der Waals surface area contributed by atoms with Crippen molar-refractivity contribution in [1.29, 1.82) is 0 Å². The molecule has 1 aliphatic carbocycles. The third-order valence-electron chi connectivity index (χ3n) is 3.95. The fourth-order valence-corrected chi connectivity index (χ4v) is 4.80. The van der Waals surface area contributed by atoms with Gasteiger partial charge >= 0.3 is 11.9 Å². The van der Waals surface area contributed by atoms with Gasteiger partial charge in [0.1, 0.15) is 12.4 Å². The van der Waals surface area contributed by atoms with E-state index in [1.165, 1.54) is 18.3 Å². The van der Waals surface area contributed by atoms with Gasteiger partial charge in [0, 0.05) is 29.9 Å². The Kier molecular flexibility index (Phi) is 7.23. The average molecular weight is 371 g/mol. The molecule has 1 aromatic heterocycles.